The van der Waals surface area contributed by atoms with Crippen LogP contribution in [0.5, 0.6) is 5.75 Å². The molecule has 0 atom stereocenters. The molecule has 0 unspecified atom stereocenters. The predicted octanol–water partition coefficient (Wildman–Crippen LogP) is 3.99. The highest BCUT2D eigenvalue weighted by atomic mass is 19.1. The van der Waals surface area contributed by atoms with Crippen LogP contribution in [-0.4, -0.2) is 5.97 Å². The van der Waals surface area contributed by atoms with Gasteiger partial charge in [0.2, 0.25) is 0 Å². The number of halogens is 1. The van der Waals surface area contributed by atoms with E-state index in [0.717, 1.165) is 5.56 Å². The molecule has 0 aliphatic rings. The average molecular weight is 246 g/mol. The lowest BCUT2D eigenvalue weighted by molar-refractivity contribution is 0.0734. The predicted molar refractivity (Wildman–Crippen MR) is 69.3 cm³/mol. The van der Waals surface area contributed by atoms with E-state index in [1.807, 2.05) is 19.1 Å². The summed E-state index contributed by atoms with van der Waals surface area (Å²) in [5.74, 6) is -0.393. The van der Waals surface area contributed by atoms with Gasteiger partial charge in [-0.1, -0.05) is 25.1 Å². The Morgan fingerprint density at radius 3 is 2.11 bits per heavy atom. The molecule has 2 aromatic carbocycles. The molecule has 18 heavy (non-hydrogen) atoms. The molecular formula is C15H15FO2. The molecule has 0 spiro atoms. The molecule has 2 nitrogen and oxygen atoms in total. The van der Waals surface area contributed by atoms with Crippen LogP contribution < -0.4 is 4.74 Å². The van der Waals surface area contributed by atoms with Crippen LogP contribution in [0.15, 0.2) is 48.5 Å². The van der Waals surface area contributed by atoms with E-state index >= 15 is 0 Å². The van der Waals surface area contributed by atoms with Crippen molar-refractivity contribution in [2.24, 2.45) is 0 Å². The number of rotatable bonds is 2. The second-order valence-electron chi connectivity index (χ2n) is 3.71. The van der Waals surface area contributed by atoms with E-state index in [9.17, 15) is 9.18 Å². The average Bonchev–Trinajstić information content (AvgIpc) is 2.33. The highest BCUT2D eigenvalue weighted by molar-refractivity contribution is 5.90. The molecule has 0 bridgehead atoms. The molecule has 0 saturated carbocycles. The Bertz CT molecular complexity index is 515. The Labute approximate surface area is 106 Å². The van der Waals surface area contributed by atoms with Gasteiger partial charge >= 0.3 is 5.97 Å². The van der Waals surface area contributed by atoms with Crippen molar-refractivity contribution >= 4 is 5.97 Å². The zero-order chi connectivity index (χ0) is 12.3. The molecule has 0 radical (unpaired) electrons. The number of carbonyl (C=O) groups is 1. The summed E-state index contributed by atoms with van der Waals surface area (Å²) < 4.78 is 17.8. The Kier molecular flexibility index (Phi) is 4.60. The first-order valence-electron chi connectivity index (χ1n) is 5.19. The second-order valence-corrected chi connectivity index (χ2v) is 3.71. The second kappa shape index (κ2) is 5.96. The van der Waals surface area contributed by atoms with Gasteiger partial charge < -0.3 is 4.74 Å². The third-order valence-electron chi connectivity index (χ3n) is 2.31. The van der Waals surface area contributed by atoms with Crippen molar-refractivity contribution in [3.8, 4) is 5.75 Å². The maximum absolute atomic E-state index is 12.7. The van der Waals surface area contributed by atoms with Crippen LogP contribution >= 0.6 is 0 Å². The topological polar surface area (TPSA) is 26.3 Å². The first-order valence-corrected chi connectivity index (χ1v) is 5.19. The lowest BCUT2D eigenvalue weighted by Crippen LogP contribution is -2.08. The van der Waals surface area contributed by atoms with Gasteiger partial charge in [0.15, 0.2) is 0 Å². The SMILES string of the molecule is C.Cc1ccc(OC(=O)c2ccc(F)cc2)cc1. The van der Waals surface area contributed by atoms with Crippen LogP contribution in [0.3, 0.4) is 0 Å². The Morgan fingerprint density at radius 2 is 1.56 bits per heavy atom. The zero-order valence-corrected chi connectivity index (χ0v) is 9.31. The lowest BCUT2D eigenvalue weighted by atomic mass is 10.2. The normalized spacial score (nSPS) is 9.44. The Hall–Kier alpha value is -2.16. The van der Waals surface area contributed by atoms with Crippen molar-refractivity contribution in [1.29, 1.82) is 0 Å². The van der Waals surface area contributed by atoms with Gasteiger partial charge in [0.05, 0.1) is 5.56 Å². The third kappa shape index (κ3) is 3.42. The van der Waals surface area contributed by atoms with Crippen LogP contribution in [-0.2, 0) is 0 Å². The number of esters is 1. The number of benzene rings is 2. The number of hydrogen-bond acceptors (Lipinski definition) is 2. The summed E-state index contributed by atoms with van der Waals surface area (Å²) >= 11 is 0. The van der Waals surface area contributed by atoms with E-state index in [1.165, 1.54) is 24.3 Å². The molecule has 2 aromatic rings. The third-order valence-corrected chi connectivity index (χ3v) is 2.31. The van der Waals surface area contributed by atoms with Crippen LogP contribution in [0, 0.1) is 12.7 Å². The van der Waals surface area contributed by atoms with E-state index in [1.54, 1.807) is 12.1 Å². The maximum Gasteiger partial charge on any atom is 0.343 e. The molecule has 0 heterocycles. The maximum atomic E-state index is 12.7. The lowest BCUT2D eigenvalue weighted by Gasteiger charge is -2.04. The van der Waals surface area contributed by atoms with Crippen molar-refractivity contribution < 1.29 is 13.9 Å². The quantitative estimate of drug-likeness (QED) is 0.591. The highest BCUT2D eigenvalue weighted by Gasteiger charge is 2.08. The Morgan fingerprint density at radius 1 is 1.00 bits per heavy atom. The van der Waals surface area contributed by atoms with E-state index in [4.69, 9.17) is 4.74 Å². The summed E-state index contributed by atoms with van der Waals surface area (Å²) in [6.07, 6.45) is 0. The van der Waals surface area contributed by atoms with Gasteiger partial charge in [-0.15, -0.1) is 0 Å². The van der Waals surface area contributed by atoms with Crippen LogP contribution in [0.1, 0.15) is 23.3 Å². The van der Waals surface area contributed by atoms with Gasteiger partial charge in [-0.2, -0.15) is 0 Å². The van der Waals surface area contributed by atoms with E-state index in [-0.39, 0.29) is 13.2 Å². The monoisotopic (exact) mass is 246 g/mol. The summed E-state index contributed by atoms with van der Waals surface area (Å²) in [4.78, 5) is 11.7. The molecule has 0 fully saturated rings. The summed E-state index contributed by atoms with van der Waals surface area (Å²) in [5, 5.41) is 0. The first kappa shape index (κ1) is 13.9. The minimum Gasteiger partial charge on any atom is -0.423 e. The molecule has 2 rings (SSSR count). The summed E-state index contributed by atoms with van der Waals surface area (Å²) in [6, 6.07) is 12.4. The molecular weight excluding hydrogens is 231 g/mol. The van der Waals surface area contributed by atoms with Gasteiger partial charge in [-0.05, 0) is 43.3 Å². The molecule has 94 valence electrons. The number of ether oxygens (including phenoxy) is 1. The molecule has 0 aromatic heterocycles. The van der Waals surface area contributed by atoms with Gasteiger partial charge in [0.1, 0.15) is 11.6 Å². The zero-order valence-electron chi connectivity index (χ0n) is 9.31. The minimum atomic E-state index is -0.492. The summed E-state index contributed by atoms with van der Waals surface area (Å²) in [7, 11) is 0. The van der Waals surface area contributed by atoms with Crippen molar-refractivity contribution in [2.45, 2.75) is 14.4 Å². The molecule has 0 saturated heterocycles. The largest absolute Gasteiger partial charge is 0.423 e. The van der Waals surface area contributed by atoms with Gasteiger partial charge in [-0.3, -0.25) is 0 Å². The van der Waals surface area contributed by atoms with E-state index < -0.39 is 5.97 Å². The van der Waals surface area contributed by atoms with Gasteiger partial charge in [0.25, 0.3) is 0 Å². The fraction of sp³-hybridized carbons (Fsp3) is 0.133. The van der Waals surface area contributed by atoms with E-state index in [0.29, 0.717) is 11.3 Å². The van der Waals surface area contributed by atoms with Crippen LogP contribution in [0.25, 0.3) is 0 Å². The molecule has 0 N–H and O–H groups in total. The van der Waals surface area contributed by atoms with Crippen molar-refractivity contribution in [3.63, 3.8) is 0 Å². The number of carbonyl (C=O) groups excluding carboxylic acids is 1. The van der Waals surface area contributed by atoms with Crippen LogP contribution in [0.4, 0.5) is 4.39 Å². The molecule has 3 heteroatoms. The highest BCUT2D eigenvalue weighted by Crippen LogP contribution is 2.14. The summed E-state index contributed by atoms with van der Waals surface area (Å²) in [5.41, 5.74) is 1.42. The minimum absolute atomic E-state index is 0. The Balaban J connectivity index is 0.00000162. The number of hydrogen-bond donors (Lipinski definition) is 0. The van der Waals surface area contributed by atoms with Gasteiger partial charge in [-0.25, -0.2) is 9.18 Å². The molecule has 0 amide bonds. The molecule has 0 aliphatic carbocycles. The van der Waals surface area contributed by atoms with Crippen molar-refractivity contribution in [1.82, 2.24) is 0 Å². The fourth-order valence-electron chi connectivity index (χ4n) is 1.36. The van der Waals surface area contributed by atoms with E-state index in [2.05, 4.69) is 0 Å². The molecule has 0 aliphatic heterocycles. The first-order chi connectivity index (χ1) is 8.15. The standard InChI is InChI=1S/C14H11FO2.CH4/c1-10-2-8-13(9-3-10)17-14(16)11-4-6-12(15)7-5-11;/h2-9H,1H3;1H4. The summed E-state index contributed by atoms with van der Waals surface area (Å²) in [6.45, 7) is 1.95. The van der Waals surface area contributed by atoms with Gasteiger partial charge in [0, 0.05) is 0 Å². The van der Waals surface area contributed by atoms with Crippen LogP contribution in [0.2, 0.25) is 0 Å². The smallest absolute Gasteiger partial charge is 0.343 e. The van der Waals surface area contributed by atoms with Crippen molar-refractivity contribution in [3.05, 3.63) is 65.5 Å². The number of aryl methyl sites for hydroxylation is 1. The van der Waals surface area contributed by atoms with Crippen molar-refractivity contribution in [2.75, 3.05) is 0 Å². The fourth-order valence-corrected chi connectivity index (χ4v) is 1.36.